The van der Waals surface area contributed by atoms with E-state index in [1.807, 2.05) is 25.1 Å². The van der Waals surface area contributed by atoms with Gasteiger partial charge in [-0.3, -0.25) is 9.89 Å². The van der Waals surface area contributed by atoms with Crippen molar-refractivity contribution in [3.63, 3.8) is 0 Å². The SMILES string of the molecule is CCc1ccc(-c2nc(SC(C)C(=O)NC3CCCc4ccccc43)n[nH]2)cc1. The quantitative estimate of drug-likeness (QED) is 0.582. The highest BCUT2D eigenvalue weighted by atomic mass is 32.2. The second kappa shape index (κ2) is 8.82. The number of hydrogen-bond acceptors (Lipinski definition) is 4. The zero-order valence-electron chi connectivity index (χ0n) is 16.8. The van der Waals surface area contributed by atoms with E-state index in [-0.39, 0.29) is 17.2 Å². The standard InChI is InChI=1S/C23H26N4OS/c1-3-16-11-13-18(14-12-16)21-25-23(27-26-21)29-15(2)22(28)24-20-10-6-8-17-7-4-5-9-19(17)20/h4-5,7,9,11-15,20H,3,6,8,10H2,1-2H3,(H,24,28)(H,25,26,27). The Balaban J connectivity index is 1.39. The summed E-state index contributed by atoms with van der Waals surface area (Å²) in [7, 11) is 0. The fourth-order valence-corrected chi connectivity index (χ4v) is 4.46. The number of nitrogens with one attached hydrogen (secondary N) is 2. The lowest BCUT2D eigenvalue weighted by Crippen LogP contribution is -2.35. The molecule has 0 aliphatic heterocycles. The number of aromatic nitrogens is 3. The number of aryl methyl sites for hydroxylation is 2. The van der Waals surface area contributed by atoms with E-state index in [0.29, 0.717) is 5.16 Å². The second-order valence-corrected chi connectivity index (χ2v) is 8.74. The summed E-state index contributed by atoms with van der Waals surface area (Å²) in [6, 6.07) is 16.8. The smallest absolute Gasteiger partial charge is 0.233 e. The van der Waals surface area contributed by atoms with Gasteiger partial charge in [0.1, 0.15) is 0 Å². The number of thioether (sulfide) groups is 1. The number of amides is 1. The van der Waals surface area contributed by atoms with Crippen molar-refractivity contribution in [3.05, 3.63) is 65.2 Å². The first-order chi connectivity index (χ1) is 14.1. The van der Waals surface area contributed by atoms with Gasteiger partial charge in [0.05, 0.1) is 11.3 Å². The molecule has 3 aromatic rings. The van der Waals surface area contributed by atoms with E-state index in [2.05, 4.69) is 57.8 Å². The van der Waals surface area contributed by atoms with Gasteiger partial charge in [-0.25, -0.2) is 4.98 Å². The van der Waals surface area contributed by atoms with Crippen molar-refractivity contribution in [1.29, 1.82) is 0 Å². The Morgan fingerprint density at radius 2 is 2.03 bits per heavy atom. The summed E-state index contributed by atoms with van der Waals surface area (Å²) >= 11 is 1.38. The molecule has 6 heteroatoms. The highest BCUT2D eigenvalue weighted by Gasteiger charge is 2.24. The molecule has 150 valence electrons. The molecule has 0 bridgehead atoms. The van der Waals surface area contributed by atoms with E-state index < -0.39 is 0 Å². The van der Waals surface area contributed by atoms with Gasteiger partial charge in [-0.2, -0.15) is 0 Å². The Morgan fingerprint density at radius 3 is 2.83 bits per heavy atom. The molecular weight excluding hydrogens is 380 g/mol. The number of rotatable bonds is 6. The van der Waals surface area contributed by atoms with Crippen LogP contribution in [0, 0.1) is 0 Å². The number of fused-ring (bicyclic) bond motifs is 1. The lowest BCUT2D eigenvalue weighted by molar-refractivity contribution is -0.121. The molecule has 1 aliphatic rings. The van der Waals surface area contributed by atoms with Crippen molar-refractivity contribution < 1.29 is 4.79 Å². The highest BCUT2D eigenvalue weighted by molar-refractivity contribution is 8.00. The third-order valence-corrected chi connectivity index (χ3v) is 6.40. The molecular formula is C23H26N4OS. The van der Waals surface area contributed by atoms with Gasteiger partial charge < -0.3 is 5.32 Å². The Morgan fingerprint density at radius 1 is 1.24 bits per heavy atom. The molecule has 2 N–H and O–H groups in total. The van der Waals surface area contributed by atoms with Crippen molar-refractivity contribution in [3.8, 4) is 11.4 Å². The topological polar surface area (TPSA) is 70.7 Å². The van der Waals surface area contributed by atoms with Gasteiger partial charge >= 0.3 is 0 Å². The van der Waals surface area contributed by atoms with Crippen molar-refractivity contribution in [2.45, 2.75) is 56.0 Å². The van der Waals surface area contributed by atoms with E-state index in [1.165, 1.54) is 28.5 Å². The van der Waals surface area contributed by atoms with Crippen molar-refractivity contribution in [1.82, 2.24) is 20.5 Å². The minimum Gasteiger partial charge on any atom is -0.348 e. The van der Waals surface area contributed by atoms with Crippen LogP contribution in [-0.4, -0.2) is 26.3 Å². The lowest BCUT2D eigenvalue weighted by atomic mass is 9.88. The number of aromatic amines is 1. The van der Waals surface area contributed by atoms with Crippen LogP contribution in [-0.2, 0) is 17.6 Å². The summed E-state index contributed by atoms with van der Waals surface area (Å²) < 4.78 is 0. The molecule has 0 fully saturated rings. The van der Waals surface area contributed by atoms with Crippen LogP contribution >= 0.6 is 11.8 Å². The molecule has 2 unspecified atom stereocenters. The number of nitrogens with zero attached hydrogens (tertiary/aromatic N) is 2. The van der Waals surface area contributed by atoms with Gasteiger partial charge in [-0.1, -0.05) is 67.2 Å². The minimum absolute atomic E-state index is 0.0235. The number of hydrogen-bond donors (Lipinski definition) is 2. The first-order valence-electron chi connectivity index (χ1n) is 10.2. The van der Waals surface area contributed by atoms with Crippen molar-refractivity contribution in [2.24, 2.45) is 0 Å². The second-order valence-electron chi connectivity index (χ2n) is 7.43. The molecule has 1 amide bonds. The fraction of sp³-hybridized carbons (Fsp3) is 0.348. The van der Waals surface area contributed by atoms with E-state index in [4.69, 9.17) is 0 Å². The first-order valence-corrected chi connectivity index (χ1v) is 11.1. The van der Waals surface area contributed by atoms with E-state index >= 15 is 0 Å². The molecule has 0 spiro atoms. The van der Waals surface area contributed by atoms with Gasteiger partial charge in [0.15, 0.2) is 5.82 Å². The summed E-state index contributed by atoms with van der Waals surface area (Å²) in [5.74, 6) is 0.749. The zero-order chi connectivity index (χ0) is 20.2. The molecule has 1 aromatic heterocycles. The van der Waals surface area contributed by atoms with Crippen LogP contribution in [0.25, 0.3) is 11.4 Å². The minimum atomic E-state index is -0.268. The maximum Gasteiger partial charge on any atom is 0.233 e. The third-order valence-electron chi connectivity index (χ3n) is 5.44. The third kappa shape index (κ3) is 4.53. The number of benzene rings is 2. The van der Waals surface area contributed by atoms with Crippen LogP contribution < -0.4 is 5.32 Å². The molecule has 2 atom stereocenters. The maximum atomic E-state index is 12.8. The number of carbonyl (C=O) groups excluding carboxylic acids is 1. The molecule has 0 radical (unpaired) electrons. The summed E-state index contributed by atoms with van der Waals surface area (Å²) in [6.07, 6.45) is 4.19. The summed E-state index contributed by atoms with van der Waals surface area (Å²) in [5, 5.41) is 10.8. The normalized spacial score (nSPS) is 16.8. The predicted octanol–water partition coefficient (Wildman–Crippen LogP) is 4.71. The Kier molecular flexibility index (Phi) is 6.00. The molecule has 1 heterocycles. The van der Waals surface area contributed by atoms with Gasteiger partial charge in [-0.15, -0.1) is 5.10 Å². The number of H-pyrrole nitrogens is 1. The van der Waals surface area contributed by atoms with Gasteiger partial charge in [-0.05, 0) is 49.3 Å². The first kappa shape index (κ1) is 19.7. The Labute approximate surface area is 175 Å². The molecule has 2 aromatic carbocycles. The number of carbonyl (C=O) groups is 1. The van der Waals surface area contributed by atoms with E-state index in [0.717, 1.165) is 37.1 Å². The molecule has 0 saturated carbocycles. The largest absolute Gasteiger partial charge is 0.348 e. The van der Waals surface area contributed by atoms with Gasteiger partial charge in [0, 0.05) is 5.56 Å². The van der Waals surface area contributed by atoms with E-state index in [1.54, 1.807) is 0 Å². The van der Waals surface area contributed by atoms with Crippen LogP contribution in [0.4, 0.5) is 0 Å². The Bertz CT molecular complexity index is 983. The van der Waals surface area contributed by atoms with Crippen molar-refractivity contribution in [2.75, 3.05) is 0 Å². The fourth-order valence-electron chi connectivity index (χ4n) is 3.73. The molecule has 4 rings (SSSR count). The molecule has 5 nitrogen and oxygen atoms in total. The highest BCUT2D eigenvalue weighted by Crippen LogP contribution is 2.30. The summed E-state index contributed by atoms with van der Waals surface area (Å²) in [5.41, 5.74) is 4.88. The predicted molar refractivity (Wildman–Crippen MR) is 117 cm³/mol. The average Bonchev–Trinajstić information content (AvgIpc) is 3.22. The summed E-state index contributed by atoms with van der Waals surface area (Å²) in [4.78, 5) is 17.3. The van der Waals surface area contributed by atoms with Gasteiger partial charge in [0.25, 0.3) is 0 Å². The van der Waals surface area contributed by atoms with Crippen LogP contribution in [0.15, 0.2) is 53.7 Å². The average molecular weight is 407 g/mol. The molecule has 29 heavy (non-hydrogen) atoms. The zero-order valence-corrected chi connectivity index (χ0v) is 17.6. The van der Waals surface area contributed by atoms with Gasteiger partial charge in [0.2, 0.25) is 11.1 Å². The maximum absolute atomic E-state index is 12.8. The monoisotopic (exact) mass is 406 g/mol. The molecule has 0 saturated heterocycles. The Hall–Kier alpha value is -2.60. The lowest BCUT2D eigenvalue weighted by Gasteiger charge is -2.27. The van der Waals surface area contributed by atoms with E-state index in [9.17, 15) is 4.79 Å². The van der Waals surface area contributed by atoms with Crippen LogP contribution in [0.2, 0.25) is 0 Å². The summed E-state index contributed by atoms with van der Waals surface area (Å²) in [6.45, 7) is 4.04. The van der Waals surface area contributed by atoms with Crippen LogP contribution in [0.3, 0.4) is 0 Å². The van der Waals surface area contributed by atoms with Crippen molar-refractivity contribution >= 4 is 17.7 Å². The van der Waals surface area contributed by atoms with Crippen LogP contribution in [0.1, 0.15) is 49.4 Å². The molecule has 1 aliphatic carbocycles. The van der Waals surface area contributed by atoms with Crippen LogP contribution in [0.5, 0.6) is 0 Å².